The molecule has 0 aromatic rings. The van der Waals surface area contributed by atoms with Crippen molar-refractivity contribution in [3.63, 3.8) is 0 Å². The van der Waals surface area contributed by atoms with E-state index in [4.69, 9.17) is 0 Å². The molecule has 0 aliphatic carbocycles. The van der Waals surface area contributed by atoms with Gasteiger partial charge in [0.2, 0.25) is 0 Å². The molecule has 1 rings (SSSR count). The van der Waals surface area contributed by atoms with Crippen molar-refractivity contribution in [3.05, 3.63) is 0 Å². The van der Waals surface area contributed by atoms with Crippen LogP contribution in [-0.4, -0.2) is 35.1 Å². The van der Waals surface area contributed by atoms with Crippen molar-refractivity contribution in [2.24, 2.45) is 5.92 Å². The SMILES string of the molecule is CCCC[C@H](O)CC[N+]1=C[C@H](CCCC)CCC1. The lowest BCUT2D eigenvalue weighted by molar-refractivity contribution is -0.532. The normalized spacial score (nSPS) is 21.7. The Balaban J connectivity index is 2.25. The van der Waals surface area contributed by atoms with Crippen molar-refractivity contribution in [2.75, 3.05) is 13.1 Å². The third-order valence-electron chi connectivity index (χ3n) is 4.01. The molecule has 0 saturated carbocycles. The third-order valence-corrected chi connectivity index (χ3v) is 4.01. The summed E-state index contributed by atoms with van der Waals surface area (Å²) in [6.45, 7) is 6.70. The van der Waals surface area contributed by atoms with Crippen LogP contribution in [0.1, 0.15) is 71.6 Å². The lowest BCUT2D eigenvalue weighted by atomic mass is 9.95. The first-order valence-corrected chi connectivity index (χ1v) is 8.03. The number of aliphatic hydroxyl groups is 1. The highest BCUT2D eigenvalue weighted by molar-refractivity contribution is 5.55. The second-order valence-corrected chi connectivity index (χ2v) is 5.81. The molecule has 2 nitrogen and oxygen atoms in total. The molecule has 1 aliphatic heterocycles. The summed E-state index contributed by atoms with van der Waals surface area (Å²) >= 11 is 0. The van der Waals surface area contributed by atoms with E-state index in [1.165, 1.54) is 45.1 Å². The lowest BCUT2D eigenvalue weighted by Crippen LogP contribution is -2.27. The zero-order chi connectivity index (χ0) is 13.2. The first-order valence-electron chi connectivity index (χ1n) is 8.03. The molecule has 0 bridgehead atoms. The summed E-state index contributed by atoms with van der Waals surface area (Å²) in [5, 5.41) is 9.88. The monoisotopic (exact) mass is 254 g/mol. The van der Waals surface area contributed by atoms with Crippen LogP contribution in [0.5, 0.6) is 0 Å². The zero-order valence-electron chi connectivity index (χ0n) is 12.4. The molecule has 0 aromatic carbocycles. The smallest absolute Gasteiger partial charge is 0.145 e. The summed E-state index contributed by atoms with van der Waals surface area (Å²) in [5.74, 6) is 0.798. The number of hydrogen-bond acceptors (Lipinski definition) is 1. The van der Waals surface area contributed by atoms with Gasteiger partial charge in [-0.1, -0.05) is 39.5 Å². The second kappa shape index (κ2) is 9.55. The quantitative estimate of drug-likeness (QED) is 0.624. The van der Waals surface area contributed by atoms with Gasteiger partial charge < -0.3 is 5.11 Å². The standard InChI is InChI=1S/C16H32NO/c1-3-5-8-15-9-7-12-17(14-15)13-11-16(18)10-6-4-2/h14-16,18H,3-13H2,1-2H3/q+1/t15-,16+/m1/s1. The fourth-order valence-electron chi connectivity index (χ4n) is 2.77. The first kappa shape index (κ1) is 15.7. The van der Waals surface area contributed by atoms with Crippen molar-refractivity contribution >= 4 is 6.21 Å². The Kier molecular flexibility index (Phi) is 8.32. The van der Waals surface area contributed by atoms with E-state index in [-0.39, 0.29) is 6.10 Å². The molecule has 18 heavy (non-hydrogen) atoms. The molecule has 0 spiro atoms. The molecule has 0 radical (unpaired) electrons. The van der Waals surface area contributed by atoms with E-state index in [9.17, 15) is 5.11 Å². The molecular weight excluding hydrogens is 222 g/mol. The van der Waals surface area contributed by atoms with Crippen LogP contribution in [0.3, 0.4) is 0 Å². The van der Waals surface area contributed by atoms with E-state index in [0.717, 1.165) is 31.7 Å². The van der Waals surface area contributed by atoms with Crippen molar-refractivity contribution in [1.82, 2.24) is 0 Å². The number of nitrogens with zero attached hydrogens (tertiary/aromatic N) is 1. The van der Waals surface area contributed by atoms with E-state index >= 15 is 0 Å². The van der Waals surface area contributed by atoms with E-state index in [0.29, 0.717) is 0 Å². The van der Waals surface area contributed by atoms with Crippen molar-refractivity contribution in [3.8, 4) is 0 Å². The fourth-order valence-corrected chi connectivity index (χ4v) is 2.77. The van der Waals surface area contributed by atoms with E-state index < -0.39 is 0 Å². The van der Waals surface area contributed by atoms with Crippen LogP contribution in [0.25, 0.3) is 0 Å². The first-order chi connectivity index (χ1) is 8.76. The summed E-state index contributed by atoms with van der Waals surface area (Å²) < 4.78 is 2.46. The third kappa shape index (κ3) is 6.53. The van der Waals surface area contributed by atoms with Crippen LogP contribution in [0.4, 0.5) is 0 Å². The van der Waals surface area contributed by atoms with Gasteiger partial charge in [0.1, 0.15) is 19.3 Å². The summed E-state index contributed by atoms with van der Waals surface area (Å²) in [4.78, 5) is 0. The minimum atomic E-state index is -0.0885. The molecule has 2 heteroatoms. The summed E-state index contributed by atoms with van der Waals surface area (Å²) in [6.07, 6.45) is 13.3. The van der Waals surface area contributed by atoms with Gasteiger partial charge in [0.15, 0.2) is 0 Å². The van der Waals surface area contributed by atoms with Gasteiger partial charge in [-0.25, -0.2) is 4.58 Å². The van der Waals surface area contributed by atoms with E-state index in [1.54, 1.807) is 0 Å². The summed E-state index contributed by atoms with van der Waals surface area (Å²) in [6, 6.07) is 0. The number of unbranched alkanes of at least 4 members (excludes halogenated alkanes) is 2. The number of hydrogen-bond donors (Lipinski definition) is 1. The van der Waals surface area contributed by atoms with Crippen LogP contribution in [0.2, 0.25) is 0 Å². The van der Waals surface area contributed by atoms with Gasteiger partial charge in [-0.15, -0.1) is 0 Å². The Morgan fingerprint density at radius 3 is 2.72 bits per heavy atom. The molecule has 0 aromatic heterocycles. The molecule has 1 N–H and O–H groups in total. The summed E-state index contributed by atoms with van der Waals surface area (Å²) in [7, 11) is 0. The average Bonchev–Trinajstić information content (AvgIpc) is 2.41. The van der Waals surface area contributed by atoms with Crippen LogP contribution in [0.15, 0.2) is 0 Å². The van der Waals surface area contributed by atoms with Crippen LogP contribution < -0.4 is 0 Å². The molecule has 106 valence electrons. The maximum absolute atomic E-state index is 9.88. The number of aliphatic hydroxyl groups excluding tert-OH is 1. The molecule has 2 atom stereocenters. The van der Waals surface area contributed by atoms with E-state index in [2.05, 4.69) is 24.6 Å². The second-order valence-electron chi connectivity index (χ2n) is 5.81. The van der Waals surface area contributed by atoms with Crippen molar-refractivity contribution in [1.29, 1.82) is 0 Å². The average molecular weight is 254 g/mol. The van der Waals surface area contributed by atoms with Crippen molar-refractivity contribution < 1.29 is 9.68 Å². The van der Waals surface area contributed by atoms with Crippen molar-refractivity contribution in [2.45, 2.75) is 77.7 Å². The fraction of sp³-hybridized carbons (Fsp3) is 0.938. The highest BCUT2D eigenvalue weighted by atomic mass is 16.3. The molecule has 0 saturated heterocycles. The predicted molar refractivity (Wildman–Crippen MR) is 78.5 cm³/mol. The lowest BCUT2D eigenvalue weighted by Gasteiger charge is -2.17. The Bertz CT molecular complexity index is 237. The maximum atomic E-state index is 9.88. The minimum absolute atomic E-state index is 0.0885. The molecule has 0 unspecified atom stereocenters. The largest absolute Gasteiger partial charge is 0.393 e. The Morgan fingerprint density at radius 2 is 2.00 bits per heavy atom. The molecular formula is C16H32NO+. The van der Waals surface area contributed by atoms with E-state index in [1.807, 2.05) is 0 Å². The van der Waals surface area contributed by atoms with Gasteiger partial charge in [0.05, 0.1) is 6.10 Å². The zero-order valence-corrected chi connectivity index (χ0v) is 12.4. The van der Waals surface area contributed by atoms with Gasteiger partial charge in [0.25, 0.3) is 0 Å². The van der Waals surface area contributed by atoms with Crippen LogP contribution in [0, 0.1) is 5.92 Å². The summed E-state index contributed by atoms with van der Waals surface area (Å²) in [5.41, 5.74) is 0. The predicted octanol–water partition coefficient (Wildman–Crippen LogP) is 3.61. The number of rotatable bonds is 9. The van der Waals surface area contributed by atoms with Gasteiger partial charge in [0, 0.05) is 18.8 Å². The minimum Gasteiger partial charge on any atom is -0.393 e. The molecule has 0 amide bonds. The Morgan fingerprint density at radius 1 is 1.22 bits per heavy atom. The van der Waals surface area contributed by atoms with Gasteiger partial charge in [-0.2, -0.15) is 0 Å². The molecule has 0 fully saturated rings. The highest BCUT2D eigenvalue weighted by Gasteiger charge is 2.19. The maximum Gasteiger partial charge on any atom is 0.145 e. The van der Waals surface area contributed by atoms with Crippen LogP contribution in [-0.2, 0) is 0 Å². The van der Waals surface area contributed by atoms with Gasteiger partial charge in [-0.05, 0) is 19.3 Å². The van der Waals surface area contributed by atoms with Gasteiger partial charge in [-0.3, -0.25) is 0 Å². The molecule has 1 heterocycles. The van der Waals surface area contributed by atoms with Crippen LogP contribution >= 0.6 is 0 Å². The highest BCUT2D eigenvalue weighted by Crippen LogP contribution is 2.16. The molecule has 1 aliphatic rings. The topological polar surface area (TPSA) is 23.2 Å². The Labute approximate surface area is 113 Å². The Hall–Kier alpha value is -0.370. The van der Waals surface area contributed by atoms with Gasteiger partial charge >= 0.3 is 0 Å².